The van der Waals surface area contributed by atoms with Crippen LogP contribution in [0.15, 0.2) is 116 Å². The van der Waals surface area contributed by atoms with E-state index in [0.717, 1.165) is 69.1 Å². The molecule has 5 heterocycles. The third-order valence-corrected chi connectivity index (χ3v) is 12.2. The van der Waals surface area contributed by atoms with Crippen molar-refractivity contribution in [1.29, 1.82) is 0 Å². The van der Waals surface area contributed by atoms with Crippen molar-refractivity contribution < 1.29 is 4.39 Å². The number of nitrogens with one attached hydrogen (secondary N) is 3. The minimum absolute atomic E-state index is 0.116. The number of hydrogen-bond donors (Lipinski definition) is 4. The third kappa shape index (κ3) is 18.3. The second kappa shape index (κ2) is 28.5. The molecule has 0 saturated carbocycles. The first-order valence-corrected chi connectivity index (χ1v) is 25.4. The van der Waals surface area contributed by atoms with E-state index in [1.54, 1.807) is 30.3 Å². The van der Waals surface area contributed by atoms with Gasteiger partial charge >= 0.3 is 0 Å². The van der Waals surface area contributed by atoms with Gasteiger partial charge in [-0.3, -0.25) is 0 Å². The molecule has 0 radical (unpaired) electrons. The zero-order valence-corrected chi connectivity index (χ0v) is 46.8. The average molecular weight is 1190 g/mol. The van der Waals surface area contributed by atoms with Crippen molar-refractivity contribution in [3.63, 3.8) is 0 Å². The summed E-state index contributed by atoms with van der Waals surface area (Å²) in [6.45, 7) is 9.97. The topological polar surface area (TPSA) is 220 Å². The van der Waals surface area contributed by atoms with E-state index in [2.05, 4.69) is 82.7 Å². The molecule has 1 unspecified atom stereocenters. The van der Waals surface area contributed by atoms with Crippen LogP contribution in [0.3, 0.4) is 0 Å². The van der Waals surface area contributed by atoms with Crippen molar-refractivity contribution in [2.24, 2.45) is 0 Å². The number of fused-ring (bicyclic) bond motifs is 1. The van der Waals surface area contributed by atoms with Gasteiger partial charge in [-0.2, -0.15) is 19.9 Å². The summed E-state index contributed by atoms with van der Waals surface area (Å²) in [4.78, 5) is 48.8. The Balaban J connectivity index is 0.000000166. The molecule has 0 aliphatic carbocycles. The summed E-state index contributed by atoms with van der Waals surface area (Å²) in [5.41, 5.74) is 14.9. The maximum absolute atomic E-state index is 13.6. The molecule has 26 heteroatoms. The van der Waals surface area contributed by atoms with E-state index < -0.39 is 0 Å². The quantitative estimate of drug-likeness (QED) is 0.109. The van der Waals surface area contributed by atoms with Crippen LogP contribution < -0.4 is 26.6 Å². The Morgan fingerprint density at radius 3 is 1.28 bits per heavy atom. The van der Waals surface area contributed by atoms with Gasteiger partial charge in [-0.25, -0.2) is 44.3 Å². The van der Waals surface area contributed by atoms with Gasteiger partial charge in [-0.1, -0.05) is 70.7 Å². The zero-order valence-electron chi connectivity index (χ0n) is 40.8. The summed E-state index contributed by atoms with van der Waals surface area (Å²) < 4.78 is 13.6. The molecule has 0 bridgehead atoms. The van der Waals surface area contributed by atoms with Crippen LogP contribution in [0.2, 0.25) is 41.2 Å². The standard InChI is InChI=1S/C20H19ClFN5.2C10H8Cl2N4.C7H8ClN.C3HCl2N3/c1-12-3-6-15(21)10-17(12)25-19-23-11-24-20(26-19)27-13(2)4-5-14-9-16(22)7-8-18(14)27;2*1-6-2-3-7(11)4-8(6)15-10-14-5-13-9(12)16-10;1-5-2-3-6(8)4-7(5)9;4-2-6-1-7-3(5)8-2/h3,6-11,13H,4-5H2,1-2H3,(H,23,24,25,26);2*2-5H,1H3,(H,13,14,15,16);2-4H,9H2,1H3;1H. The van der Waals surface area contributed by atoms with E-state index in [0.29, 0.717) is 43.9 Å². The van der Waals surface area contributed by atoms with E-state index in [9.17, 15) is 4.39 Å². The zero-order chi connectivity index (χ0) is 54.9. The number of aromatic nitrogens is 12. The van der Waals surface area contributed by atoms with Crippen molar-refractivity contribution in [2.75, 3.05) is 26.6 Å². The second-order valence-corrected chi connectivity index (χ2v) is 19.2. The number of anilines is 9. The molecule has 17 nitrogen and oxygen atoms in total. The molecule has 4 aromatic heterocycles. The molecule has 9 aromatic rings. The van der Waals surface area contributed by atoms with E-state index in [1.165, 1.54) is 31.4 Å². The molecule has 5 aromatic carbocycles. The van der Waals surface area contributed by atoms with Crippen LogP contribution in [0.25, 0.3) is 0 Å². The van der Waals surface area contributed by atoms with Gasteiger partial charge in [0, 0.05) is 54.6 Å². The molecular weight excluding hydrogens is 1140 g/mol. The highest BCUT2D eigenvalue weighted by Gasteiger charge is 2.27. The molecular formula is C50H44Cl8FN17. The highest BCUT2D eigenvalue weighted by molar-refractivity contribution is 6.32. The van der Waals surface area contributed by atoms with Crippen molar-refractivity contribution >= 4 is 145 Å². The summed E-state index contributed by atoms with van der Waals surface area (Å²) in [6, 6.07) is 27.2. The Hall–Kier alpha value is -6.61. The van der Waals surface area contributed by atoms with Crippen LogP contribution >= 0.6 is 92.8 Å². The Labute approximate surface area is 477 Å². The lowest BCUT2D eigenvalue weighted by molar-refractivity contribution is 0.591. The maximum Gasteiger partial charge on any atom is 0.234 e. The fourth-order valence-electron chi connectivity index (χ4n) is 6.58. The molecule has 0 saturated heterocycles. The Bertz CT molecular complexity index is 3290. The maximum atomic E-state index is 13.6. The first-order chi connectivity index (χ1) is 36.3. The normalized spacial score (nSPS) is 12.1. The van der Waals surface area contributed by atoms with Crippen molar-refractivity contribution in [1.82, 2.24) is 59.8 Å². The second-order valence-electron chi connectivity index (χ2n) is 16.1. The molecule has 1 aliphatic heterocycles. The summed E-state index contributed by atoms with van der Waals surface area (Å²) in [5.74, 6) is 1.53. The lowest BCUT2D eigenvalue weighted by Gasteiger charge is -2.35. The molecule has 0 amide bonds. The monoisotopic (exact) mass is 1180 g/mol. The van der Waals surface area contributed by atoms with Crippen LogP contribution in [0.4, 0.5) is 56.6 Å². The lowest BCUT2D eigenvalue weighted by Crippen LogP contribution is -2.34. The predicted molar refractivity (Wildman–Crippen MR) is 305 cm³/mol. The molecule has 392 valence electrons. The molecule has 1 atom stereocenters. The predicted octanol–water partition coefficient (Wildman–Crippen LogP) is 15.1. The first-order valence-electron chi connectivity index (χ1n) is 22.4. The summed E-state index contributed by atoms with van der Waals surface area (Å²) in [7, 11) is 0. The first kappa shape index (κ1) is 58.6. The SMILES string of the molecule is Cc1ccc(Cl)cc1N.Cc1ccc(Cl)cc1Nc1ncnc(Cl)n1.Cc1ccc(Cl)cc1Nc1ncnc(Cl)n1.Cc1ccc(Cl)cc1Nc1ncnc(N2c3ccc(F)cc3CCC2C)n1.Clc1ncnc(Cl)n1. The highest BCUT2D eigenvalue weighted by Crippen LogP contribution is 2.36. The minimum Gasteiger partial charge on any atom is -0.398 e. The fraction of sp³-hybridized carbons (Fsp3) is 0.160. The van der Waals surface area contributed by atoms with Gasteiger partial charge < -0.3 is 26.6 Å². The van der Waals surface area contributed by atoms with Gasteiger partial charge in [0.15, 0.2) is 0 Å². The van der Waals surface area contributed by atoms with Crippen molar-refractivity contribution in [3.8, 4) is 0 Å². The Morgan fingerprint density at radius 1 is 0.474 bits per heavy atom. The molecule has 76 heavy (non-hydrogen) atoms. The number of nitrogens with two attached hydrogens (primary N) is 1. The van der Waals surface area contributed by atoms with Gasteiger partial charge in [0.25, 0.3) is 0 Å². The van der Waals surface area contributed by atoms with E-state index in [4.69, 9.17) is 98.5 Å². The fourth-order valence-corrected chi connectivity index (χ4v) is 7.81. The van der Waals surface area contributed by atoms with Crippen LogP contribution in [0.5, 0.6) is 0 Å². The van der Waals surface area contributed by atoms with Crippen LogP contribution in [0.1, 0.15) is 41.2 Å². The summed E-state index contributed by atoms with van der Waals surface area (Å²) in [6.07, 6.45) is 7.16. The van der Waals surface area contributed by atoms with Crippen LogP contribution in [0, 0.1) is 33.5 Å². The lowest BCUT2D eigenvalue weighted by atomic mass is 9.97. The van der Waals surface area contributed by atoms with Crippen molar-refractivity contribution in [3.05, 3.63) is 191 Å². The average Bonchev–Trinajstić information content (AvgIpc) is 3.38. The van der Waals surface area contributed by atoms with Gasteiger partial charge in [0.1, 0.15) is 31.1 Å². The van der Waals surface area contributed by atoms with Gasteiger partial charge in [0.2, 0.25) is 44.9 Å². The van der Waals surface area contributed by atoms with Crippen LogP contribution in [-0.4, -0.2) is 65.8 Å². The summed E-state index contributed by atoms with van der Waals surface area (Å²) in [5, 5.41) is 12.4. The number of nitrogens with zero attached hydrogens (tertiary/aromatic N) is 13. The molecule has 0 spiro atoms. The molecule has 1 aliphatic rings. The number of benzene rings is 5. The van der Waals surface area contributed by atoms with Gasteiger partial charge in [-0.15, -0.1) is 0 Å². The molecule has 5 N–H and O–H groups in total. The Kier molecular flexibility index (Phi) is 22.0. The van der Waals surface area contributed by atoms with E-state index in [1.807, 2.05) is 87.2 Å². The van der Waals surface area contributed by atoms with Gasteiger partial charge in [0.05, 0.1) is 0 Å². The van der Waals surface area contributed by atoms with E-state index >= 15 is 0 Å². The molecule has 0 fully saturated rings. The number of halogens is 9. The smallest absolute Gasteiger partial charge is 0.234 e. The van der Waals surface area contributed by atoms with Crippen molar-refractivity contribution in [2.45, 2.75) is 53.5 Å². The van der Waals surface area contributed by atoms with E-state index in [-0.39, 0.29) is 33.0 Å². The molecule has 10 rings (SSSR count). The number of rotatable bonds is 7. The van der Waals surface area contributed by atoms with Gasteiger partial charge in [-0.05, 0) is 188 Å². The third-order valence-electron chi connectivity index (χ3n) is 10.5. The Morgan fingerprint density at radius 2 is 0.868 bits per heavy atom. The number of nitrogen functional groups attached to an aromatic ring is 1. The highest BCUT2D eigenvalue weighted by atomic mass is 35.5. The largest absolute Gasteiger partial charge is 0.398 e. The number of hydrogen-bond acceptors (Lipinski definition) is 17. The van der Waals surface area contributed by atoms with Crippen LogP contribution in [-0.2, 0) is 6.42 Å². The number of aryl methyl sites for hydroxylation is 5. The summed E-state index contributed by atoms with van der Waals surface area (Å²) >= 11 is 45.4. The minimum atomic E-state index is -0.224.